The van der Waals surface area contributed by atoms with Crippen LogP contribution in [0.2, 0.25) is 0 Å². The van der Waals surface area contributed by atoms with Gasteiger partial charge in [0.05, 0.1) is 11.4 Å². The number of nitrogen functional groups attached to an aromatic ring is 1. The summed E-state index contributed by atoms with van der Waals surface area (Å²) < 4.78 is 3.80. The minimum atomic E-state index is -0.0819. The van der Waals surface area contributed by atoms with Crippen molar-refractivity contribution in [1.29, 1.82) is 0 Å². The van der Waals surface area contributed by atoms with Crippen molar-refractivity contribution in [2.24, 2.45) is 0 Å². The second-order valence-corrected chi connectivity index (χ2v) is 5.15. The van der Waals surface area contributed by atoms with Crippen molar-refractivity contribution in [2.45, 2.75) is 38.6 Å². The molecule has 2 aromatic rings. The zero-order chi connectivity index (χ0) is 13.4. The van der Waals surface area contributed by atoms with E-state index in [1.807, 2.05) is 30.3 Å². The minimum Gasteiger partial charge on any atom is -0.393 e. The lowest BCUT2D eigenvalue weighted by Crippen LogP contribution is -2.22. The molecule has 1 saturated carbocycles. The molecule has 100 valence electrons. The monoisotopic (exact) mass is 257 g/mol. The van der Waals surface area contributed by atoms with Gasteiger partial charge in [-0.25, -0.2) is 4.68 Å². The first kappa shape index (κ1) is 12.1. The number of rotatable bonds is 4. The normalized spacial score (nSPS) is 14.8. The van der Waals surface area contributed by atoms with Gasteiger partial charge in [0.2, 0.25) is 0 Å². The Kier molecular flexibility index (Phi) is 2.93. The number of anilines is 1. The maximum atomic E-state index is 12.4. The molecule has 1 aliphatic carbocycles. The lowest BCUT2D eigenvalue weighted by atomic mass is 10.2. The smallest absolute Gasteiger partial charge is 0.294 e. The highest BCUT2D eigenvalue weighted by atomic mass is 16.1. The molecule has 0 bridgehead atoms. The lowest BCUT2D eigenvalue weighted by Gasteiger charge is -2.13. The summed E-state index contributed by atoms with van der Waals surface area (Å²) in [6.07, 6.45) is 3.28. The molecular weight excluding hydrogens is 238 g/mol. The average molecular weight is 257 g/mol. The topological polar surface area (TPSA) is 52.9 Å². The number of para-hydroxylation sites is 1. The number of hydrogen-bond donors (Lipinski definition) is 1. The van der Waals surface area contributed by atoms with E-state index >= 15 is 0 Å². The fourth-order valence-electron chi connectivity index (χ4n) is 2.63. The summed E-state index contributed by atoms with van der Waals surface area (Å²) in [6, 6.07) is 9.73. The molecule has 0 spiro atoms. The molecule has 0 amide bonds. The Balaban J connectivity index is 2.23. The van der Waals surface area contributed by atoms with Crippen LogP contribution in [0.25, 0.3) is 5.69 Å². The lowest BCUT2D eigenvalue weighted by molar-refractivity contribution is 0.515. The highest BCUT2D eigenvalue weighted by Crippen LogP contribution is 2.42. The van der Waals surface area contributed by atoms with Crippen LogP contribution in [0.3, 0.4) is 0 Å². The third kappa shape index (κ3) is 1.97. The van der Waals surface area contributed by atoms with Crippen molar-refractivity contribution in [3.8, 4) is 5.69 Å². The van der Waals surface area contributed by atoms with E-state index in [4.69, 9.17) is 5.73 Å². The van der Waals surface area contributed by atoms with Gasteiger partial charge in [-0.3, -0.25) is 9.48 Å². The van der Waals surface area contributed by atoms with Gasteiger partial charge in [-0.15, -0.1) is 0 Å². The van der Waals surface area contributed by atoms with Crippen molar-refractivity contribution in [3.05, 3.63) is 46.4 Å². The van der Waals surface area contributed by atoms with Gasteiger partial charge in [0.25, 0.3) is 5.56 Å². The van der Waals surface area contributed by atoms with Gasteiger partial charge in [0.15, 0.2) is 0 Å². The van der Waals surface area contributed by atoms with E-state index in [-0.39, 0.29) is 5.56 Å². The van der Waals surface area contributed by atoms with Crippen LogP contribution in [0.15, 0.2) is 35.1 Å². The third-order valence-corrected chi connectivity index (χ3v) is 3.62. The molecule has 4 nitrogen and oxygen atoms in total. The van der Waals surface area contributed by atoms with Crippen LogP contribution in [0, 0.1) is 0 Å². The molecule has 0 saturated heterocycles. The first-order valence-electron chi connectivity index (χ1n) is 6.90. The van der Waals surface area contributed by atoms with Crippen LogP contribution in [-0.2, 0) is 6.54 Å². The van der Waals surface area contributed by atoms with Gasteiger partial charge in [-0.2, -0.15) is 0 Å². The Bertz CT molecular complexity index is 635. The summed E-state index contributed by atoms with van der Waals surface area (Å²) in [7, 11) is 0. The van der Waals surface area contributed by atoms with Crippen molar-refractivity contribution < 1.29 is 0 Å². The Morgan fingerprint density at radius 2 is 1.95 bits per heavy atom. The maximum Gasteiger partial charge on any atom is 0.294 e. The first-order valence-corrected chi connectivity index (χ1v) is 6.90. The van der Waals surface area contributed by atoms with E-state index in [1.54, 1.807) is 4.68 Å². The molecule has 0 atom stereocenters. The molecule has 0 aliphatic heterocycles. The number of hydrogen-bond acceptors (Lipinski definition) is 2. The zero-order valence-corrected chi connectivity index (χ0v) is 11.2. The molecular formula is C15H19N3O. The van der Waals surface area contributed by atoms with E-state index < -0.39 is 0 Å². The molecule has 4 heteroatoms. The van der Waals surface area contributed by atoms with Crippen molar-refractivity contribution in [3.63, 3.8) is 0 Å². The van der Waals surface area contributed by atoms with E-state index in [0.717, 1.165) is 37.2 Å². The molecule has 0 radical (unpaired) electrons. The van der Waals surface area contributed by atoms with E-state index in [2.05, 4.69) is 11.6 Å². The molecule has 1 fully saturated rings. The fraction of sp³-hybridized carbons (Fsp3) is 0.400. The van der Waals surface area contributed by atoms with Crippen LogP contribution in [-0.4, -0.2) is 9.36 Å². The Hall–Kier alpha value is -1.97. The van der Waals surface area contributed by atoms with Crippen LogP contribution in [0.5, 0.6) is 0 Å². The molecule has 1 heterocycles. The molecule has 1 aromatic heterocycles. The Labute approximate surface area is 112 Å². The number of aromatic nitrogens is 2. The highest BCUT2D eigenvalue weighted by molar-refractivity contribution is 5.48. The van der Waals surface area contributed by atoms with Gasteiger partial charge in [-0.1, -0.05) is 25.1 Å². The summed E-state index contributed by atoms with van der Waals surface area (Å²) in [5, 5.41) is 0. The minimum absolute atomic E-state index is 0.0819. The quantitative estimate of drug-likeness (QED) is 0.915. The van der Waals surface area contributed by atoms with Crippen LogP contribution < -0.4 is 11.3 Å². The number of nitrogens with zero attached hydrogens (tertiary/aromatic N) is 2. The van der Waals surface area contributed by atoms with Gasteiger partial charge in [-0.05, 0) is 31.4 Å². The van der Waals surface area contributed by atoms with Gasteiger partial charge in [0, 0.05) is 12.5 Å². The molecule has 19 heavy (non-hydrogen) atoms. The number of nitrogens with two attached hydrogens (primary N) is 1. The predicted octanol–water partition coefficient (Wildman–Crippen LogP) is 2.51. The largest absolute Gasteiger partial charge is 0.393 e. The molecule has 1 aromatic carbocycles. The standard InChI is InChI=1S/C15H19N3O/c1-2-10-17-14(11-8-9-11)13(16)15(19)18(17)12-6-4-3-5-7-12/h3-7,11H,2,8-10,16H2,1H3. The second kappa shape index (κ2) is 4.61. The molecule has 2 N–H and O–H groups in total. The summed E-state index contributed by atoms with van der Waals surface area (Å²) in [5.41, 5.74) is 8.33. The summed E-state index contributed by atoms with van der Waals surface area (Å²) in [5.74, 6) is 0.476. The Morgan fingerprint density at radius 1 is 1.26 bits per heavy atom. The van der Waals surface area contributed by atoms with Crippen LogP contribution >= 0.6 is 0 Å². The SMILES string of the molecule is CCCn1c(C2CC2)c(N)c(=O)n1-c1ccccc1. The summed E-state index contributed by atoms with van der Waals surface area (Å²) >= 11 is 0. The predicted molar refractivity (Wildman–Crippen MR) is 76.7 cm³/mol. The van der Waals surface area contributed by atoms with Crippen molar-refractivity contribution in [2.75, 3.05) is 5.73 Å². The van der Waals surface area contributed by atoms with E-state index in [1.165, 1.54) is 0 Å². The van der Waals surface area contributed by atoms with E-state index in [0.29, 0.717) is 11.6 Å². The molecule has 0 unspecified atom stereocenters. The van der Waals surface area contributed by atoms with Gasteiger partial charge < -0.3 is 5.73 Å². The van der Waals surface area contributed by atoms with Gasteiger partial charge in [0.1, 0.15) is 5.69 Å². The average Bonchev–Trinajstić information content (AvgIpc) is 3.21. The molecule has 3 rings (SSSR count). The fourth-order valence-corrected chi connectivity index (χ4v) is 2.63. The van der Waals surface area contributed by atoms with E-state index in [9.17, 15) is 4.79 Å². The summed E-state index contributed by atoms with van der Waals surface area (Å²) in [4.78, 5) is 12.4. The van der Waals surface area contributed by atoms with Gasteiger partial charge >= 0.3 is 0 Å². The maximum absolute atomic E-state index is 12.4. The Morgan fingerprint density at radius 3 is 2.53 bits per heavy atom. The van der Waals surface area contributed by atoms with Crippen molar-refractivity contribution in [1.82, 2.24) is 9.36 Å². The number of benzene rings is 1. The van der Waals surface area contributed by atoms with Crippen LogP contribution in [0.4, 0.5) is 5.69 Å². The zero-order valence-electron chi connectivity index (χ0n) is 11.2. The second-order valence-electron chi connectivity index (χ2n) is 5.15. The van der Waals surface area contributed by atoms with Crippen LogP contribution in [0.1, 0.15) is 37.8 Å². The highest BCUT2D eigenvalue weighted by Gasteiger charge is 2.32. The van der Waals surface area contributed by atoms with Crippen molar-refractivity contribution >= 4 is 5.69 Å². The molecule has 1 aliphatic rings. The summed E-state index contributed by atoms with van der Waals surface area (Å²) in [6.45, 7) is 2.94. The first-order chi connectivity index (χ1) is 9.24. The third-order valence-electron chi connectivity index (χ3n) is 3.62.